The molecule has 0 aliphatic rings. The van der Waals surface area contributed by atoms with Gasteiger partial charge in [-0.15, -0.1) is 0 Å². The van der Waals surface area contributed by atoms with Gasteiger partial charge in [0.25, 0.3) is 0 Å². The second-order valence-corrected chi connectivity index (χ2v) is 12.9. The van der Waals surface area contributed by atoms with Crippen LogP contribution < -0.4 is 15.9 Å². The number of hydrogen-bond acceptors (Lipinski definition) is 2. The Morgan fingerprint density at radius 1 is 0.576 bits per heavy atom. The fourth-order valence-electron chi connectivity index (χ4n) is 5.05. The molecule has 3 aromatic rings. The van der Waals surface area contributed by atoms with Crippen LogP contribution in [0.15, 0.2) is 66.7 Å². The van der Waals surface area contributed by atoms with E-state index in [0.29, 0.717) is 15.9 Å². The summed E-state index contributed by atoms with van der Waals surface area (Å²) < 4.78 is 0. The van der Waals surface area contributed by atoms with E-state index < -0.39 is 7.06 Å². The molecule has 0 aliphatic carbocycles. The van der Waals surface area contributed by atoms with Crippen LogP contribution in [0.5, 0.6) is 0 Å². The van der Waals surface area contributed by atoms with Crippen LogP contribution in [0.25, 0.3) is 0 Å². The molecule has 3 aromatic carbocycles. The molecule has 2 nitrogen and oxygen atoms in total. The van der Waals surface area contributed by atoms with Gasteiger partial charge in [-0.1, -0.05) is 0 Å². The third kappa shape index (κ3) is 5.09. The van der Waals surface area contributed by atoms with Crippen molar-refractivity contribution in [2.75, 3.05) is 0 Å². The Hall–Kier alpha value is -1.99. The van der Waals surface area contributed by atoms with E-state index >= 15 is 0 Å². The average molecular weight is 465 g/mol. The molecule has 0 heterocycles. The predicted molar refractivity (Wildman–Crippen MR) is 146 cm³/mol. The van der Waals surface area contributed by atoms with E-state index in [9.17, 15) is 9.79 Å². The molecule has 2 N–H and O–H groups in total. The summed E-state index contributed by atoms with van der Waals surface area (Å²) in [5.74, 6) is 0. The van der Waals surface area contributed by atoms with Crippen LogP contribution >= 0.6 is 7.06 Å². The van der Waals surface area contributed by atoms with Gasteiger partial charge in [-0.25, -0.2) is 0 Å². The summed E-state index contributed by atoms with van der Waals surface area (Å²) in [5.41, 5.74) is 4.45. The van der Waals surface area contributed by atoms with Crippen molar-refractivity contribution < 1.29 is 9.79 Å². The first-order valence-electron chi connectivity index (χ1n) is 12.6. The summed E-state index contributed by atoms with van der Waals surface area (Å²) in [6.07, 6.45) is 8.87. The fraction of sp³-hybridized carbons (Fsp3) is 0.400. The van der Waals surface area contributed by atoms with Gasteiger partial charge in [0.05, 0.1) is 0 Å². The number of hydrogen-bond donors (Lipinski definition) is 2. The summed E-state index contributed by atoms with van der Waals surface area (Å²) in [6, 6.07) is 21.7. The van der Waals surface area contributed by atoms with Gasteiger partial charge in [-0.05, 0) is 0 Å². The molecule has 178 valence electrons. The third-order valence-electron chi connectivity index (χ3n) is 7.09. The van der Waals surface area contributed by atoms with Gasteiger partial charge >= 0.3 is 201 Å². The van der Waals surface area contributed by atoms with Gasteiger partial charge in [-0.2, -0.15) is 0 Å². The molecule has 3 rings (SSSR count). The Bertz CT molecular complexity index is 993. The van der Waals surface area contributed by atoms with Crippen LogP contribution in [0.1, 0.15) is 74.6 Å². The molecule has 0 fully saturated rings. The minimum atomic E-state index is -4.64. The standard InChI is InChI=1S/C30H41O2P/c1-5-7-10-16-26-18-14-22-29(24(26)3)33(31,32,28-20-12-9-13-21-28)30-23-15-19-27(25(30)4)17-11-8-6-2/h9,12-15,18-23,31-32H,5-8,10-11,16-17H2,1-4H3. The van der Waals surface area contributed by atoms with Crippen molar-refractivity contribution in [3.8, 4) is 0 Å². The molecule has 0 atom stereocenters. The van der Waals surface area contributed by atoms with Gasteiger partial charge in [-0.3, -0.25) is 0 Å². The maximum atomic E-state index is 12.7. The molecular weight excluding hydrogens is 423 g/mol. The third-order valence-corrected chi connectivity index (χ3v) is 11.2. The van der Waals surface area contributed by atoms with Gasteiger partial charge < -0.3 is 0 Å². The molecule has 0 radical (unpaired) electrons. The van der Waals surface area contributed by atoms with Crippen LogP contribution in [0.2, 0.25) is 0 Å². The summed E-state index contributed by atoms with van der Waals surface area (Å²) in [5, 5.41) is 1.95. The molecule has 0 bridgehead atoms. The molecule has 3 heteroatoms. The molecule has 0 unspecified atom stereocenters. The van der Waals surface area contributed by atoms with E-state index in [1.807, 2.05) is 54.6 Å². The van der Waals surface area contributed by atoms with Crippen LogP contribution in [0.4, 0.5) is 0 Å². The molecule has 0 aliphatic heterocycles. The topological polar surface area (TPSA) is 40.5 Å². The van der Waals surface area contributed by atoms with Gasteiger partial charge in [0, 0.05) is 0 Å². The molecule has 33 heavy (non-hydrogen) atoms. The fourth-order valence-corrected chi connectivity index (χ4v) is 8.90. The van der Waals surface area contributed by atoms with E-state index in [1.165, 1.54) is 36.8 Å². The normalized spacial score (nSPS) is 13.0. The Morgan fingerprint density at radius 2 is 1.03 bits per heavy atom. The first-order valence-corrected chi connectivity index (χ1v) is 14.7. The zero-order valence-corrected chi connectivity index (χ0v) is 21.7. The van der Waals surface area contributed by atoms with E-state index in [4.69, 9.17) is 0 Å². The van der Waals surface area contributed by atoms with Crippen molar-refractivity contribution in [1.82, 2.24) is 0 Å². The van der Waals surface area contributed by atoms with Gasteiger partial charge in [0.15, 0.2) is 0 Å². The molecule has 0 saturated heterocycles. The summed E-state index contributed by atoms with van der Waals surface area (Å²) >= 11 is 0. The van der Waals surface area contributed by atoms with E-state index in [2.05, 4.69) is 39.8 Å². The predicted octanol–water partition coefficient (Wildman–Crippen LogP) is 6.41. The number of aryl methyl sites for hydroxylation is 2. The average Bonchev–Trinajstić information content (AvgIpc) is 2.82. The van der Waals surface area contributed by atoms with Crippen LogP contribution in [-0.4, -0.2) is 9.79 Å². The SMILES string of the molecule is CCCCCc1cccc(P(O)(O)(c2ccccc2)c2cccc(CCCCC)c2C)c1C. The first-order chi connectivity index (χ1) is 15.8. The van der Waals surface area contributed by atoms with Crippen LogP contribution in [0, 0.1) is 13.8 Å². The van der Waals surface area contributed by atoms with Crippen LogP contribution in [-0.2, 0) is 12.8 Å². The van der Waals surface area contributed by atoms with Crippen molar-refractivity contribution in [1.29, 1.82) is 0 Å². The molecule has 0 saturated carbocycles. The van der Waals surface area contributed by atoms with E-state index in [0.717, 1.165) is 36.8 Å². The Labute approximate surface area is 200 Å². The molecule has 0 spiro atoms. The number of benzene rings is 3. The van der Waals surface area contributed by atoms with Crippen molar-refractivity contribution in [3.05, 3.63) is 89.0 Å². The first kappa shape index (κ1) is 25.6. The monoisotopic (exact) mass is 464 g/mol. The maximum absolute atomic E-state index is 12.7. The number of rotatable bonds is 11. The molecular formula is C30H41O2P. The molecule has 0 aromatic heterocycles. The zero-order valence-electron chi connectivity index (χ0n) is 20.8. The Balaban J connectivity index is 2.24. The Kier molecular flexibility index (Phi) is 8.51. The van der Waals surface area contributed by atoms with Crippen molar-refractivity contribution in [2.45, 2.75) is 79.1 Å². The zero-order chi connectivity index (χ0) is 23.9. The van der Waals surface area contributed by atoms with Crippen molar-refractivity contribution >= 4 is 23.0 Å². The minimum absolute atomic E-state index is 0.603. The van der Waals surface area contributed by atoms with E-state index in [1.54, 1.807) is 0 Å². The summed E-state index contributed by atoms with van der Waals surface area (Å²) in [6.45, 7) is 8.55. The second-order valence-electron chi connectivity index (χ2n) is 9.40. The van der Waals surface area contributed by atoms with Crippen LogP contribution in [0.3, 0.4) is 0 Å². The quantitative estimate of drug-likeness (QED) is 0.254. The second kappa shape index (κ2) is 11.0. The number of unbranched alkanes of at least 4 members (excludes halogenated alkanes) is 4. The van der Waals surface area contributed by atoms with Gasteiger partial charge in [0.1, 0.15) is 0 Å². The van der Waals surface area contributed by atoms with Crippen molar-refractivity contribution in [2.24, 2.45) is 0 Å². The summed E-state index contributed by atoms with van der Waals surface area (Å²) in [7, 11) is -4.64. The van der Waals surface area contributed by atoms with Gasteiger partial charge in [0.2, 0.25) is 0 Å². The van der Waals surface area contributed by atoms with Crippen molar-refractivity contribution in [3.63, 3.8) is 0 Å². The van der Waals surface area contributed by atoms with E-state index in [-0.39, 0.29) is 0 Å². The molecule has 0 amide bonds. The summed E-state index contributed by atoms with van der Waals surface area (Å²) in [4.78, 5) is 25.5. The Morgan fingerprint density at radius 3 is 1.45 bits per heavy atom.